The van der Waals surface area contributed by atoms with Crippen molar-refractivity contribution in [3.63, 3.8) is 0 Å². The van der Waals surface area contributed by atoms with E-state index in [1.807, 2.05) is 13.8 Å². The molecular weight excluding hydrogens is 264 g/mol. The second-order valence-electron chi connectivity index (χ2n) is 4.63. The van der Waals surface area contributed by atoms with Crippen molar-refractivity contribution >= 4 is 22.7 Å². The predicted molar refractivity (Wildman–Crippen MR) is 75.2 cm³/mol. The van der Waals surface area contributed by atoms with Crippen molar-refractivity contribution in [2.75, 3.05) is 6.54 Å². The first kappa shape index (κ1) is 12.2. The maximum absolute atomic E-state index is 4.44. The maximum Gasteiger partial charge on any atom is 0.159 e. The van der Waals surface area contributed by atoms with Gasteiger partial charge in [-0.25, -0.2) is 4.98 Å². The third-order valence-corrected chi connectivity index (χ3v) is 5.12. The Bertz CT molecular complexity index is 542. The van der Waals surface area contributed by atoms with Crippen LogP contribution in [-0.4, -0.2) is 27.8 Å². The van der Waals surface area contributed by atoms with Crippen LogP contribution in [0.1, 0.15) is 28.6 Å². The lowest BCUT2D eigenvalue weighted by atomic mass is 10.4. The van der Waals surface area contributed by atoms with E-state index < -0.39 is 0 Å². The standard InChI is InChI=1S/C12H16N4S2/c1-7-11(17-8(2)14-7)12-16-15-10(18-12)5-6-13-9-3-4-9/h9,13H,3-6H2,1-2H3. The molecule has 6 heteroatoms. The van der Waals surface area contributed by atoms with Gasteiger partial charge < -0.3 is 5.32 Å². The van der Waals surface area contributed by atoms with Gasteiger partial charge in [-0.05, 0) is 26.7 Å². The van der Waals surface area contributed by atoms with Gasteiger partial charge in [0.1, 0.15) is 5.01 Å². The molecule has 4 nitrogen and oxygen atoms in total. The van der Waals surface area contributed by atoms with E-state index in [1.165, 1.54) is 17.7 Å². The molecule has 1 N–H and O–H groups in total. The van der Waals surface area contributed by atoms with E-state index in [0.29, 0.717) is 0 Å². The van der Waals surface area contributed by atoms with Gasteiger partial charge in [0.2, 0.25) is 0 Å². The number of aryl methyl sites for hydroxylation is 2. The van der Waals surface area contributed by atoms with Crippen LogP contribution in [0.4, 0.5) is 0 Å². The Labute approximate surface area is 114 Å². The van der Waals surface area contributed by atoms with E-state index in [9.17, 15) is 0 Å². The van der Waals surface area contributed by atoms with Crippen LogP contribution in [0.2, 0.25) is 0 Å². The van der Waals surface area contributed by atoms with Gasteiger partial charge in [0, 0.05) is 19.0 Å². The Morgan fingerprint density at radius 2 is 2.06 bits per heavy atom. The molecule has 1 fully saturated rings. The first-order valence-corrected chi connectivity index (χ1v) is 7.86. The van der Waals surface area contributed by atoms with Crippen LogP contribution in [0, 0.1) is 13.8 Å². The normalized spacial score (nSPS) is 15.2. The molecule has 1 saturated carbocycles. The Hall–Kier alpha value is -0.850. The summed E-state index contributed by atoms with van der Waals surface area (Å²) in [5, 5.41) is 15.3. The lowest BCUT2D eigenvalue weighted by Gasteiger charge is -1.97. The number of hydrogen-bond donors (Lipinski definition) is 1. The first-order valence-electron chi connectivity index (χ1n) is 6.22. The van der Waals surface area contributed by atoms with Crippen LogP contribution in [0.5, 0.6) is 0 Å². The molecule has 0 amide bonds. The molecule has 0 aliphatic heterocycles. The molecule has 0 spiro atoms. The van der Waals surface area contributed by atoms with E-state index in [0.717, 1.165) is 39.7 Å². The molecule has 3 rings (SSSR count). The summed E-state index contributed by atoms with van der Waals surface area (Å²) in [6.07, 6.45) is 3.65. The Kier molecular flexibility index (Phi) is 3.41. The molecule has 1 aliphatic rings. The predicted octanol–water partition coefficient (Wildman–Crippen LogP) is 2.57. The Balaban J connectivity index is 1.66. The highest BCUT2D eigenvalue weighted by molar-refractivity contribution is 7.21. The molecule has 96 valence electrons. The molecule has 0 atom stereocenters. The molecule has 2 aromatic rings. The van der Waals surface area contributed by atoms with Crippen molar-refractivity contribution in [3.05, 3.63) is 15.7 Å². The summed E-state index contributed by atoms with van der Waals surface area (Å²) >= 11 is 3.39. The lowest BCUT2D eigenvalue weighted by Crippen LogP contribution is -2.19. The monoisotopic (exact) mass is 280 g/mol. The fourth-order valence-corrected chi connectivity index (χ4v) is 3.73. The third-order valence-electron chi connectivity index (χ3n) is 2.91. The molecule has 2 heterocycles. The maximum atomic E-state index is 4.44. The quantitative estimate of drug-likeness (QED) is 0.914. The Morgan fingerprint density at radius 3 is 2.72 bits per heavy atom. The van der Waals surface area contributed by atoms with Crippen molar-refractivity contribution in [1.82, 2.24) is 20.5 Å². The summed E-state index contributed by atoms with van der Waals surface area (Å²) < 4.78 is 0. The van der Waals surface area contributed by atoms with Crippen molar-refractivity contribution < 1.29 is 0 Å². The SMILES string of the molecule is Cc1nc(C)c(-c2nnc(CCNC3CC3)s2)s1. The van der Waals surface area contributed by atoms with Crippen molar-refractivity contribution in [3.8, 4) is 9.88 Å². The number of nitrogens with one attached hydrogen (secondary N) is 1. The van der Waals surface area contributed by atoms with Gasteiger partial charge in [0.05, 0.1) is 15.6 Å². The van der Waals surface area contributed by atoms with Gasteiger partial charge in [-0.2, -0.15) is 0 Å². The molecule has 0 radical (unpaired) electrons. The summed E-state index contributed by atoms with van der Waals surface area (Å²) in [6.45, 7) is 5.08. The third kappa shape index (κ3) is 2.76. The average Bonchev–Trinajstić information content (AvgIpc) is 2.92. The number of aromatic nitrogens is 3. The van der Waals surface area contributed by atoms with Gasteiger partial charge in [-0.1, -0.05) is 11.3 Å². The van der Waals surface area contributed by atoms with E-state index in [4.69, 9.17) is 0 Å². The van der Waals surface area contributed by atoms with E-state index in [2.05, 4.69) is 20.5 Å². The summed E-state index contributed by atoms with van der Waals surface area (Å²) in [4.78, 5) is 5.61. The van der Waals surface area contributed by atoms with Crippen LogP contribution >= 0.6 is 22.7 Å². The smallest absolute Gasteiger partial charge is 0.159 e. The second kappa shape index (κ2) is 5.03. The zero-order valence-electron chi connectivity index (χ0n) is 10.6. The van der Waals surface area contributed by atoms with Crippen molar-refractivity contribution in [2.45, 2.75) is 39.2 Å². The van der Waals surface area contributed by atoms with Crippen molar-refractivity contribution in [1.29, 1.82) is 0 Å². The molecule has 0 bridgehead atoms. The topological polar surface area (TPSA) is 50.7 Å². The number of hydrogen-bond acceptors (Lipinski definition) is 6. The number of nitrogens with zero attached hydrogens (tertiary/aromatic N) is 3. The van der Waals surface area contributed by atoms with Gasteiger partial charge in [-0.15, -0.1) is 21.5 Å². The van der Waals surface area contributed by atoms with Crippen molar-refractivity contribution in [2.24, 2.45) is 0 Å². The first-order chi connectivity index (χ1) is 8.72. The average molecular weight is 280 g/mol. The summed E-state index contributed by atoms with van der Waals surface area (Å²) in [5.74, 6) is 0. The fourth-order valence-electron chi connectivity index (χ4n) is 1.85. The summed E-state index contributed by atoms with van der Waals surface area (Å²) in [7, 11) is 0. The molecule has 0 unspecified atom stereocenters. The van der Waals surface area contributed by atoms with Crippen LogP contribution < -0.4 is 5.32 Å². The van der Waals surface area contributed by atoms with Crippen LogP contribution in [-0.2, 0) is 6.42 Å². The van der Waals surface area contributed by atoms with Crippen LogP contribution in [0.15, 0.2) is 0 Å². The zero-order valence-corrected chi connectivity index (χ0v) is 12.2. The van der Waals surface area contributed by atoms with E-state index >= 15 is 0 Å². The van der Waals surface area contributed by atoms with E-state index in [1.54, 1.807) is 22.7 Å². The Morgan fingerprint density at radius 1 is 1.22 bits per heavy atom. The highest BCUT2D eigenvalue weighted by Gasteiger charge is 2.20. The lowest BCUT2D eigenvalue weighted by molar-refractivity contribution is 0.677. The number of rotatable bonds is 5. The largest absolute Gasteiger partial charge is 0.314 e. The minimum absolute atomic E-state index is 0.767. The van der Waals surface area contributed by atoms with Crippen LogP contribution in [0.25, 0.3) is 9.88 Å². The summed E-state index contributed by atoms with van der Waals surface area (Å²) in [5.41, 5.74) is 1.07. The molecule has 18 heavy (non-hydrogen) atoms. The zero-order chi connectivity index (χ0) is 12.5. The van der Waals surface area contributed by atoms with Gasteiger partial charge >= 0.3 is 0 Å². The highest BCUT2D eigenvalue weighted by Crippen LogP contribution is 2.31. The number of thiazole rings is 1. The van der Waals surface area contributed by atoms with Gasteiger partial charge in [0.25, 0.3) is 0 Å². The minimum atomic E-state index is 0.767. The highest BCUT2D eigenvalue weighted by atomic mass is 32.1. The molecule has 2 aromatic heterocycles. The van der Waals surface area contributed by atoms with Gasteiger partial charge in [0.15, 0.2) is 5.01 Å². The molecule has 1 aliphatic carbocycles. The summed E-state index contributed by atoms with van der Waals surface area (Å²) in [6, 6.07) is 0.767. The second-order valence-corrected chi connectivity index (χ2v) is 6.89. The molecular formula is C12H16N4S2. The minimum Gasteiger partial charge on any atom is -0.314 e. The van der Waals surface area contributed by atoms with E-state index in [-0.39, 0.29) is 0 Å². The van der Waals surface area contributed by atoms with Gasteiger partial charge in [-0.3, -0.25) is 0 Å². The molecule has 0 saturated heterocycles. The molecule has 0 aromatic carbocycles. The fraction of sp³-hybridized carbons (Fsp3) is 0.583. The van der Waals surface area contributed by atoms with Crippen LogP contribution in [0.3, 0.4) is 0 Å².